The number of fused-ring (bicyclic) bond motifs is 4. The molecule has 9 aromatic rings. The van der Waals surface area contributed by atoms with Crippen LogP contribution in [0.1, 0.15) is 0 Å². The fourth-order valence-corrected chi connectivity index (χ4v) is 7.93. The Labute approximate surface area is 354 Å². The van der Waals surface area contributed by atoms with Crippen LogP contribution in [0.25, 0.3) is 0 Å². The maximum absolute atomic E-state index is 6.47. The van der Waals surface area contributed by atoms with Crippen molar-refractivity contribution in [2.24, 2.45) is 0 Å². The molecule has 61 heavy (non-hydrogen) atoms. The summed E-state index contributed by atoms with van der Waals surface area (Å²) in [6.07, 6.45) is 0. The van der Waals surface area contributed by atoms with Crippen molar-refractivity contribution in [2.45, 2.75) is 0 Å². The predicted molar refractivity (Wildman–Crippen MR) is 244 cm³/mol. The van der Waals surface area contributed by atoms with Crippen molar-refractivity contribution in [1.29, 1.82) is 0 Å². The van der Waals surface area contributed by atoms with E-state index in [0.717, 1.165) is 51.2 Å². The molecule has 0 saturated carbocycles. The lowest BCUT2D eigenvalue weighted by Gasteiger charge is -2.33. The summed E-state index contributed by atoms with van der Waals surface area (Å²) in [6.45, 7) is 0. The molecule has 0 bridgehead atoms. The van der Waals surface area contributed by atoms with Crippen LogP contribution in [0.3, 0.4) is 0 Å². The predicted octanol–water partition coefficient (Wildman–Crippen LogP) is 15.9. The molecule has 0 N–H and O–H groups in total. The number of ether oxygens (including phenoxy) is 4. The molecule has 0 spiro atoms. The zero-order chi connectivity index (χ0) is 40.5. The lowest BCUT2D eigenvalue weighted by atomic mass is 10.1. The van der Waals surface area contributed by atoms with Crippen molar-refractivity contribution in [3.05, 3.63) is 224 Å². The lowest BCUT2D eigenvalue weighted by Crippen LogP contribution is -2.16. The summed E-state index contributed by atoms with van der Waals surface area (Å²) in [6, 6.07) is 76.1. The number of nitrogens with zero attached hydrogens (tertiary/aromatic N) is 3. The van der Waals surface area contributed by atoms with Gasteiger partial charge in [0.05, 0.1) is 28.4 Å². The van der Waals surface area contributed by atoms with Crippen LogP contribution in [0.4, 0.5) is 51.2 Å². The summed E-state index contributed by atoms with van der Waals surface area (Å²) in [5, 5.41) is 0. The summed E-state index contributed by atoms with van der Waals surface area (Å²) in [7, 11) is 0. The first-order valence-corrected chi connectivity index (χ1v) is 20.2. The number of hydrogen-bond donors (Lipinski definition) is 0. The molecular formula is C54H37N3O4. The zero-order valence-electron chi connectivity index (χ0n) is 32.8. The molecule has 2 aliphatic heterocycles. The summed E-state index contributed by atoms with van der Waals surface area (Å²) in [5.41, 5.74) is 8.55. The fourth-order valence-electron chi connectivity index (χ4n) is 7.93. The number of benzene rings is 9. The van der Waals surface area contributed by atoms with Gasteiger partial charge in [-0.3, -0.25) is 0 Å². The third-order valence-electron chi connectivity index (χ3n) is 10.7. The van der Waals surface area contributed by atoms with Gasteiger partial charge >= 0.3 is 0 Å². The molecule has 0 atom stereocenters. The van der Waals surface area contributed by atoms with Gasteiger partial charge < -0.3 is 33.6 Å². The van der Waals surface area contributed by atoms with Crippen LogP contribution in [0, 0.1) is 0 Å². The minimum absolute atomic E-state index is 0.632. The van der Waals surface area contributed by atoms with Gasteiger partial charge in [-0.25, -0.2) is 0 Å². The quantitative estimate of drug-likeness (QED) is 0.144. The van der Waals surface area contributed by atoms with Crippen LogP contribution < -0.4 is 33.6 Å². The van der Waals surface area contributed by atoms with Gasteiger partial charge in [-0.15, -0.1) is 0 Å². The molecule has 2 aliphatic rings. The lowest BCUT2D eigenvalue weighted by molar-refractivity contribution is 0.359. The maximum atomic E-state index is 6.47. The highest BCUT2D eigenvalue weighted by molar-refractivity contribution is 5.90. The third-order valence-corrected chi connectivity index (χ3v) is 10.7. The molecule has 0 saturated heterocycles. The first-order chi connectivity index (χ1) is 30.2. The standard InChI is InChI=1S/C54H37N3O4/c1-5-17-38(18-6-1)55(39-19-7-2-8-20-39)44-33-45(56(40-21-9-3-10-22-40)42-29-31-51-53(36-42)60-49-27-15-13-25-47(49)58-51)35-46(34-44)57(41-23-11-4-12-24-41)43-30-32-52-54(37-43)61-50-28-16-14-26-48(50)59-52/h1-37H. The van der Waals surface area contributed by atoms with E-state index in [1.165, 1.54) is 0 Å². The minimum Gasteiger partial charge on any atom is -0.450 e. The minimum atomic E-state index is 0.632. The monoisotopic (exact) mass is 791 g/mol. The number of anilines is 9. The van der Waals surface area contributed by atoms with Gasteiger partial charge in [0.25, 0.3) is 0 Å². The van der Waals surface area contributed by atoms with E-state index >= 15 is 0 Å². The Balaban J connectivity index is 1.14. The van der Waals surface area contributed by atoms with Gasteiger partial charge in [-0.2, -0.15) is 0 Å². The highest BCUT2D eigenvalue weighted by Crippen LogP contribution is 2.52. The second kappa shape index (κ2) is 15.4. The molecule has 2 heterocycles. The van der Waals surface area contributed by atoms with Gasteiger partial charge in [-0.05, 0) is 115 Å². The summed E-state index contributed by atoms with van der Waals surface area (Å²) in [4.78, 5) is 6.81. The SMILES string of the molecule is c1ccc(N(c2ccccc2)c2cc(N(c3ccccc3)c3ccc4c(c3)Oc3ccccc3O4)cc(N(c3ccccc3)c3ccc4c(c3)Oc3ccccc3O4)c2)cc1. The van der Waals surface area contributed by atoms with E-state index in [9.17, 15) is 0 Å². The molecule has 0 unspecified atom stereocenters. The molecule has 0 aliphatic carbocycles. The second-order valence-electron chi connectivity index (χ2n) is 14.6. The van der Waals surface area contributed by atoms with E-state index in [0.29, 0.717) is 46.0 Å². The Morgan fingerprint density at radius 3 is 0.738 bits per heavy atom. The van der Waals surface area contributed by atoms with Crippen molar-refractivity contribution in [2.75, 3.05) is 14.7 Å². The average Bonchev–Trinajstić information content (AvgIpc) is 3.32. The first-order valence-electron chi connectivity index (χ1n) is 20.2. The van der Waals surface area contributed by atoms with Gasteiger partial charge in [0.15, 0.2) is 46.0 Å². The topological polar surface area (TPSA) is 46.6 Å². The van der Waals surface area contributed by atoms with Crippen LogP contribution in [-0.2, 0) is 0 Å². The van der Waals surface area contributed by atoms with E-state index in [1.807, 2.05) is 97.1 Å². The average molecular weight is 792 g/mol. The Kier molecular flexibility index (Phi) is 9.02. The molecule has 0 radical (unpaired) electrons. The highest BCUT2D eigenvalue weighted by atomic mass is 16.6. The van der Waals surface area contributed by atoms with Crippen LogP contribution in [0.2, 0.25) is 0 Å². The molecule has 0 amide bonds. The van der Waals surface area contributed by atoms with Crippen molar-refractivity contribution in [3.63, 3.8) is 0 Å². The molecule has 0 fully saturated rings. The Hall–Kier alpha value is -8.42. The van der Waals surface area contributed by atoms with E-state index in [4.69, 9.17) is 18.9 Å². The molecule has 7 nitrogen and oxygen atoms in total. The van der Waals surface area contributed by atoms with Gasteiger partial charge in [0, 0.05) is 34.9 Å². The molecular weight excluding hydrogens is 755 g/mol. The number of para-hydroxylation sites is 8. The smallest absolute Gasteiger partial charge is 0.172 e. The second-order valence-corrected chi connectivity index (χ2v) is 14.6. The molecule has 7 heteroatoms. The Morgan fingerprint density at radius 2 is 0.426 bits per heavy atom. The Morgan fingerprint density at radius 1 is 0.180 bits per heavy atom. The summed E-state index contributed by atoms with van der Waals surface area (Å²) < 4.78 is 25.6. The molecule has 292 valence electrons. The van der Waals surface area contributed by atoms with Crippen LogP contribution in [0.5, 0.6) is 46.0 Å². The fraction of sp³-hybridized carbons (Fsp3) is 0. The largest absolute Gasteiger partial charge is 0.450 e. The maximum Gasteiger partial charge on any atom is 0.172 e. The van der Waals surface area contributed by atoms with E-state index in [-0.39, 0.29) is 0 Å². The van der Waals surface area contributed by atoms with E-state index in [1.54, 1.807) is 0 Å². The number of hydrogen-bond acceptors (Lipinski definition) is 7. The number of rotatable bonds is 9. The zero-order valence-corrected chi connectivity index (χ0v) is 32.8. The van der Waals surface area contributed by atoms with Crippen molar-refractivity contribution in [1.82, 2.24) is 0 Å². The first kappa shape index (κ1) is 35.7. The van der Waals surface area contributed by atoms with Crippen LogP contribution >= 0.6 is 0 Å². The molecule has 0 aromatic heterocycles. The molecule has 11 rings (SSSR count). The van der Waals surface area contributed by atoms with Gasteiger partial charge in [0.2, 0.25) is 0 Å². The Bertz CT molecular complexity index is 2800. The van der Waals surface area contributed by atoms with Crippen molar-refractivity contribution < 1.29 is 18.9 Å². The molecule has 9 aromatic carbocycles. The van der Waals surface area contributed by atoms with Gasteiger partial charge in [-0.1, -0.05) is 97.1 Å². The third kappa shape index (κ3) is 6.90. The van der Waals surface area contributed by atoms with E-state index in [2.05, 4.69) is 142 Å². The van der Waals surface area contributed by atoms with Crippen LogP contribution in [-0.4, -0.2) is 0 Å². The van der Waals surface area contributed by atoms with Gasteiger partial charge in [0.1, 0.15) is 0 Å². The normalized spacial score (nSPS) is 11.8. The van der Waals surface area contributed by atoms with Crippen molar-refractivity contribution >= 4 is 51.2 Å². The van der Waals surface area contributed by atoms with E-state index < -0.39 is 0 Å². The van der Waals surface area contributed by atoms with Crippen LogP contribution in [0.15, 0.2) is 224 Å². The highest BCUT2D eigenvalue weighted by Gasteiger charge is 2.26. The van der Waals surface area contributed by atoms with Crippen molar-refractivity contribution in [3.8, 4) is 46.0 Å². The summed E-state index contributed by atoms with van der Waals surface area (Å²) in [5.74, 6) is 5.29. The summed E-state index contributed by atoms with van der Waals surface area (Å²) >= 11 is 0.